The standard InChI is InChI=1S/C7H7N2O/c8-6-1-5(4-10)2-7(9)3-6/h1-3H,8-9H2. The Morgan fingerprint density at radius 2 is 1.60 bits per heavy atom. The van der Waals surface area contributed by atoms with E-state index in [1.807, 2.05) is 0 Å². The number of benzene rings is 1. The minimum atomic E-state index is 0.387. The number of hydrogen-bond acceptors (Lipinski definition) is 3. The molecule has 10 heavy (non-hydrogen) atoms. The summed E-state index contributed by atoms with van der Waals surface area (Å²) in [5.74, 6) is 0. The Hall–Kier alpha value is -1.51. The molecule has 1 aromatic carbocycles. The minimum absolute atomic E-state index is 0.387. The zero-order valence-electron chi connectivity index (χ0n) is 5.29. The van der Waals surface area contributed by atoms with Crippen molar-refractivity contribution in [3.8, 4) is 0 Å². The van der Waals surface area contributed by atoms with Crippen molar-refractivity contribution in [2.75, 3.05) is 11.5 Å². The summed E-state index contributed by atoms with van der Waals surface area (Å²) >= 11 is 0. The predicted molar refractivity (Wildman–Crippen MR) is 40.1 cm³/mol. The molecule has 0 aliphatic carbocycles. The minimum Gasteiger partial charge on any atom is -0.399 e. The first-order chi connectivity index (χ1) is 4.72. The van der Waals surface area contributed by atoms with E-state index in [-0.39, 0.29) is 0 Å². The van der Waals surface area contributed by atoms with Crippen LogP contribution in [0.15, 0.2) is 18.2 Å². The molecular weight excluding hydrogens is 128 g/mol. The van der Waals surface area contributed by atoms with E-state index in [4.69, 9.17) is 11.5 Å². The van der Waals surface area contributed by atoms with Gasteiger partial charge in [0, 0.05) is 16.9 Å². The molecular formula is C7H7N2O. The smallest absolute Gasteiger partial charge is 0.233 e. The summed E-state index contributed by atoms with van der Waals surface area (Å²) in [4.78, 5) is 10.1. The Morgan fingerprint density at radius 3 is 2.00 bits per heavy atom. The van der Waals surface area contributed by atoms with Crippen LogP contribution in [0.1, 0.15) is 5.56 Å². The molecule has 1 rings (SSSR count). The average molecular weight is 135 g/mol. The summed E-state index contributed by atoms with van der Waals surface area (Å²) in [6.07, 6.45) is 1.70. The van der Waals surface area contributed by atoms with Gasteiger partial charge < -0.3 is 11.5 Å². The lowest BCUT2D eigenvalue weighted by Gasteiger charge is -1.95. The zero-order valence-corrected chi connectivity index (χ0v) is 5.29. The fraction of sp³-hybridized carbons (Fsp3) is 0. The van der Waals surface area contributed by atoms with E-state index in [0.29, 0.717) is 16.9 Å². The normalized spacial score (nSPS) is 9.20. The van der Waals surface area contributed by atoms with Gasteiger partial charge in [-0.2, -0.15) is 0 Å². The van der Waals surface area contributed by atoms with Crippen LogP contribution in [0.5, 0.6) is 0 Å². The second-order valence-electron chi connectivity index (χ2n) is 1.99. The molecule has 0 atom stereocenters. The molecule has 0 heterocycles. The van der Waals surface area contributed by atoms with E-state index in [1.54, 1.807) is 12.4 Å². The van der Waals surface area contributed by atoms with Crippen LogP contribution in [0.3, 0.4) is 0 Å². The lowest BCUT2D eigenvalue weighted by molar-refractivity contribution is 0.563. The lowest BCUT2D eigenvalue weighted by Crippen LogP contribution is -1.92. The molecule has 0 saturated carbocycles. The van der Waals surface area contributed by atoms with E-state index >= 15 is 0 Å². The maximum absolute atomic E-state index is 10.1. The van der Waals surface area contributed by atoms with Crippen LogP contribution >= 0.6 is 0 Å². The molecule has 0 unspecified atom stereocenters. The summed E-state index contributed by atoms with van der Waals surface area (Å²) in [5, 5.41) is 0. The van der Waals surface area contributed by atoms with Crippen molar-refractivity contribution in [2.45, 2.75) is 0 Å². The van der Waals surface area contributed by atoms with Crippen LogP contribution in [-0.4, -0.2) is 6.29 Å². The van der Waals surface area contributed by atoms with Crippen LogP contribution < -0.4 is 11.5 Å². The van der Waals surface area contributed by atoms with Gasteiger partial charge >= 0.3 is 0 Å². The average Bonchev–Trinajstić information content (AvgIpc) is 1.85. The summed E-state index contributed by atoms with van der Waals surface area (Å²) in [6.45, 7) is 0. The third-order valence-electron chi connectivity index (χ3n) is 1.10. The van der Waals surface area contributed by atoms with E-state index < -0.39 is 0 Å². The van der Waals surface area contributed by atoms with Crippen LogP contribution in [0.4, 0.5) is 11.4 Å². The SMILES string of the molecule is Nc1cc(N)cc([C]=O)c1. The van der Waals surface area contributed by atoms with Crippen molar-refractivity contribution in [1.82, 2.24) is 0 Å². The van der Waals surface area contributed by atoms with Crippen molar-refractivity contribution in [2.24, 2.45) is 0 Å². The highest BCUT2D eigenvalue weighted by Gasteiger charge is 1.93. The summed E-state index contributed by atoms with van der Waals surface area (Å²) in [6, 6.07) is 4.62. The number of rotatable bonds is 1. The van der Waals surface area contributed by atoms with Crippen molar-refractivity contribution in [3.05, 3.63) is 23.8 Å². The van der Waals surface area contributed by atoms with E-state index in [2.05, 4.69) is 0 Å². The van der Waals surface area contributed by atoms with Gasteiger partial charge in [-0.15, -0.1) is 0 Å². The molecule has 0 spiro atoms. The van der Waals surface area contributed by atoms with Gasteiger partial charge in [-0.25, -0.2) is 0 Å². The van der Waals surface area contributed by atoms with Crippen molar-refractivity contribution in [1.29, 1.82) is 0 Å². The van der Waals surface area contributed by atoms with Gasteiger partial charge in [0.05, 0.1) is 0 Å². The van der Waals surface area contributed by atoms with Crippen molar-refractivity contribution < 1.29 is 4.79 Å². The topological polar surface area (TPSA) is 69.1 Å². The maximum Gasteiger partial charge on any atom is 0.233 e. The molecule has 0 aliphatic rings. The largest absolute Gasteiger partial charge is 0.399 e. The lowest BCUT2D eigenvalue weighted by atomic mass is 10.2. The Labute approximate surface area is 58.6 Å². The summed E-state index contributed by atoms with van der Waals surface area (Å²) in [5.41, 5.74) is 12.1. The van der Waals surface area contributed by atoms with Crippen LogP contribution in [0, 0.1) is 0 Å². The fourth-order valence-electron chi connectivity index (χ4n) is 0.735. The molecule has 0 aliphatic heterocycles. The zero-order chi connectivity index (χ0) is 7.56. The monoisotopic (exact) mass is 135 g/mol. The Bertz CT molecular complexity index is 238. The van der Waals surface area contributed by atoms with Crippen molar-refractivity contribution in [3.63, 3.8) is 0 Å². The third kappa shape index (κ3) is 1.25. The fourth-order valence-corrected chi connectivity index (χ4v) is 0.735. The molecule has 1 aromatic rings. The highest BCUT2D eigenvalue weighted by molar-refractivity contribution is 5.79. The van der Waals surface area contributed by atoms with E-state index in [0.717, 1.165) is 0 Å². The molecule has 3 nitrogen and oxygen atoms in total. The molecule has 4 N–H and O–H groups in total. The van der Waals surface area contributed by atoms with Gasteiger partial charge in [0.15, 0.2) is 0 Å². The predicted octanol–water partition coefficient (Wildman–Crippen LogP) is 0.309. The Kier molecular flexibility index (Phi) is 1.58. The molecule has 1 radical (unpaired) electrons. The molecule has 3 heteroatoms. The highest BCUT2D eigenvalue weighted by atomic mass is 16.1. The Balaban J connectivity index is 3.18. The van der Waals surface area contributed by atoms with Gasteiger partial charge in [0.25, 0.3) is 0 Å². The number of anilines is 2. The molecule has 0 saturated heterocycles. The Morgan fingerprint density at radius 1 is 1.10 bits per heavy atom. The molecule has 0 bridgehead atoms. The first kappa shape index (κ1) is 6.61. The number of carbonyl (C=O) groups excluding carboxylic acids is 1. The molecule has 51 valence electrons. The molecule has 0 amide bonds. The van der Waals surface area contributed by atoms with Gasteiger partial charge in [-0.05, 0) is 18.2 Å². The van der Waals surface area contributed by atoms with Crippen LogP contribution in [0.2, 0.25) is 0 Å². The maximum atomic E-state index is 10.1. The van der Waals surface area contributed by atoms with Gasteiger partial charge in [-0.1, -0.05) is 0 Å². The third-order valence-corrected chi connectivity index (χ3v) is 1.10. The number of hydrogen-bond donors (Lipinski definition) is 2. The molecule has 0 fully saturated rings. The number of nitrogens with two attached hydrogens (primary N) is 2. The van der Waals surface area contributed by atoms with Crippen LogP contribution in [0.25, 0.3) is 0 Å². The second-order valence-corrected chi connectivity index (χ2v) is 1.99. The van der Waals surface area contributed by atoms with Crippen molar-refractivity contribution >= 4 is 17.7 Å². The first-order valence-corrected chi connectivity index (χ1v) is 2.76. The first-order valence-electron chi connectivity index (χ1n) is 2.76. The van der Waals surface area contributed by atoms with Gasteiger partial charge in [0.2, 0.25) is 6.29 Å². The van der Waals surface area contributed by atoms with E-state index in [1.165, 1.54) is 12.1 Å². The van der Waals surface area contributed by atoms with E-state index in [9.17, 15) is 4.79 Å². The van der Waals surface area contributed by atoms with Gasteiger partial charge in [0.1, 0.15) is 0 Å². The number of nitrogen functional groups attached to an aromatic ring is 2. The quantitative estimate of drug-likeness (QED) is 0.544. The highest BCUT2D eigenvalue weighted by Crippen LogP contribution is 2.11. The van der Waals surface area contributed by atoms with Gasteiger partial charge in [-0.3, -0.25) is 4.79 Å². The van der Waals surface area contributed by atoms with Crippen LogP contribution in [-0.2, 0) is 4.79 Å². The summed E-state index contributed by atoms with van der Waals surface area (Å²) < 4.78 is 0. The molecule has 0 aromatic heterocycles. The summed E-state index contributed by atoms with van der Waals surface area (Å²) in [7, 11) is 0. The second kappa shape index (κ2) is 2.39.